The van der Waals surface area contributed by atoms with Gasteiger partial charge in [0.15, 0.2) is 0 Å². The van der Waals surface area contributed by atoms with Gasteiger partial charge in [-0.15, -0.1) is 0 Å². The molecule has 21 heavy (non-hydrogen) atoms. The number of phenolic OH excluding ortho intramolecular Hbond substituents is 1. The van der Waals surface area contributed by atoms with Crippen LogP contribution in [0, 0.1) is 0 Å². The Morgan fingerprint density at radius 2 is 1.76 bits per heavy atom. The summed E-state index contributed by atoms with van der Waals surface area (Å²) in [5.74, 6) is 0.330. The zero-order chi connectivity index (χ0) is 15.0. The van der Waals surface area contributed by atoms with Gasteiger partial charge >= 0.3 is 0 Å². The van der Waals surface area contributed by atoms with E-state index in [0.29, 0.717) is 5.75 Å². The summed E-state index contributed by atoms with van der Waals surface area (Å²) in [5.41, 5.74) is 3.56. The van der Waals surface area contributed by atoms with Gasteiger partial charge in [-0.3, -0.25) is 0 Å². The number of fused-ring (bicyclic) bond motifs is 1. The van der Waals surface area contributed by atoms with Crippen LogP contribution in [0.1, 0.15) is 30.0 Å². The lowest BCUT2D eigenvalue weighted by atomic mass is 9.87. The Hall–Kier alpha value is -0.520. The van der Waals surface area contributed by atoms with Gasteiger partial charge in [0.1, 0.15) is 5.75 Å². The standard InChI is InChI=1S/C16H14Br3NO/c17-10-6-13(18)16(14(19)7-10)20-15-3-1-2-9-4-5-11(21)8-12(9)15/h4-8,15,20-21H,1-3H2. The quantitative estimate of drug-likeness (QED) is 0.544. The van der Waals surface area contributed by atoms with Gasteiger partial charge in [-0.05, 0) is 86.5 Å². The molecule has 2 N–H and O–H groups in total. The molecule has 0 aliphatic heterocycles. The second kappa shape index (κ2) is 6.31. The molecule has 0 fully saturated rings. The number of hydrogen-bond donors (Lipinski definition) is 2. The fourth-order valence-electron chi connectivity index (χ4n) is 2.79. The normalized spacial score (nSPS) is 17.4. The zero-order valence-electron chi connectivity index (χ0n) is 11.2. The van der Waals surface area contributed by atoms with Crippen molar-refractivity contribution in [2.24, 2.45) is 0 Å². The van der Waals surface area contributed by atoms with Crippen LogP contribution in [0.5, 0.6) is 5.75 Å². The third kappa shape index (κ3) is 3.30. The molecule has 0 amide bonds. The smallest absolute Gasteiger partial charge is 0.115 e. The Bertz CT molecular complexity index is 664. The molecular formula is C16H14Br3NO. The lowest BCUT2D eigenvalue weighted by Crippen LogP contribution is -2.17. The number of nitrogens with one attached hydrogen (secondary N) is 1. The van der Waals surface area contributed by atoms with Crippen LogP contribution in [0.3, 0.4) is 0 Å². The molecule has 0 spiro atoms. The van der Waals surface area contributed by atoms with E-state index in [-0.39, 0.29) is 6.04 Å². The molecule has 1 atom stereocenters. The summed E-state index contributed by atoms with van der Waals surface area (Å²) in [4.78, 5) is 0. The summed E-state index contributed by atoms with van der Waals surface area (Å²) < 4.78 is 3.04. The van der Waals surface area contributed by atoms with Gasteiger partial charge in [0.05, 0.1) is 11.7 Å². The SMILES string of the molecule is Oc1ccc2c(c1)C(Nc1c(Br)cc(Br)cc1Br)CCC2. The summed E-state index contributed by atoms with van der Waals surface area (Å²) in [6.07, 6.45) is 3.29. The van der Waals surface area contributed by atoms with E-state index in [1.807, 2.05) is 24.3 Å². The molecular weight excluding hydrogens is 462 g/mol. The van der Waals surface area contributed by atoms with Crippen molar-refractivity contribution in [2.75, 3.05) is 5.32 Å². The predicted molar refractivity (Wildman–Crippen MR) is 97.0 cm³/mol. The average Bonchev–Trinajstić information content (AvgIpc) is 2.43. The molecule has 3 rings (SSSR count). The minimum Gasteiger partial charge on any atom is -0.508 e. The third-order valence-corrected chi connectivity index (χ3v) is 5.48. The van der Waals surface area contributed by atoms with Gasteiger partial charge < -0.3 is 10.4 Å². The van der Waals surface area contributed by atoms with Crippen molar-refractivity contribution < 1.29 is 5.11 Å². The molecule has 0 aromatic heterocycles. The molecule has 5 heteroatoms. The van der Waals surface area contributed by atoms with Crippen molar-refractivity contribution >= 4 is 53.5 Å². The Morgan fingerprint density at radius 3 is 2.48 bits per heavy atom. The molecule has 0 heterocycles. The molecule has 1 aliphatic rings. The Balaban J connectivity index is 1.96. The summed E-state index contributed by atoms with van der Waals surface area (Å²) in [7, 11) is 0. The lowest BCUT2D eigenvalue weighted by Gasteiger charge is -2.28. The van der Waals surface area contributed by atoms with E-state index in [1.165, 1.54) is 11.1 Å². The van der Waals surface area contributed by atoms with Crippen LogP contribution in [0.25, 0.3) is 0 Å². The van der Waals surface area contributed by atoms with Crippen molar-refractivity contribution in [3.63, 3.8) is 0 Å². The maximum absolute atomic E-state index is 9.77. The van der Waals surface area contributed by atoms with E-state index in [1.54, 1.807) is 6.07 Å². The molecule has 0 bridgehead atoms. The van der Waals surface area contributed by atoms with Gasteiger partial charge in [0.25, 0.3) is 0 Å². The van der Waals surface area contributed by atoms with Crippen LogP contribution in [0.15, 0.2) is 43.7 Å². The highest BCUT2D eigenvalue weighted by atomic mass is 79.9. The highest BCUT2D eigenvalue weighted by Crippen LogP contribution is 2.40. The molecule has 0 radical (unpaired) electrons. The number of benzene rings is 2. The van der Waals surface area contributed by atoms with Crippen molar-refractivity contribution in [2.45, 2.75) is 25.3 Å². The molecule has 2 nitrogen and oxygen atoms in total. The highest BCUT2D eigenvalue weighted by Gasteiger charge is 2.22. The van der Waals surface area contributed by atoms with Crippen molar-refractivity contribution in [3.05, 3.63) is 54.9 Å². The van der Waals surface area contributed by atoms with E-state index >= 15 is 0 Å². The Morgan fingerprint density at radius 1 is 1.05 bits per heavy atom. The maximum atomic E-state index is 9.77. The minimum atomic E-state index is 0.217. The van der Waals surface area contributed by atoms with Gasteiger partial charge in [-0.25, -0.2) is 0 Å². The predicted octanol–water partition coefficient (Wildman–Crippen LogP) is 6.17. The first-order valence-electron chi connectivity index (χ1n) is 6.77. The molecule has 2 aromatic carbocycles. The zero-order valence-corrected chi connectivity index (χ0v) is 15.9. The molecule has 1 unspecified atom stereocenters. The van der Waals surface area contributed by atoms with Crippen LogP contribution >= 0.6 is 47.8 Å². The van der Waals surface area contributed by atoms with E-state index < -0.39 is 0 Å². The first kappa shape index (κ1) is 15.4. The maximum Gasteiger partial charge on any atom is 0.115 e. The van der Waals surface area contributed by atoms with Crippen LogP contribution in [0.4, 0.5) is 5.69 Å². The van der Waals surface area contributed by atoms with E-state index in [2.05, 4.69) is 53.1 Å². The number of phenols is 1. The van der Waals surface area contributed by atoms with Crippen molar-refractivity contribution in [1.29, 1.82) is 0 Å². The summed E-state index contributed by atoms with van der Waals surface area (Å²) in [6, 6.07) is 9.96. The monoisotopic (exact) mass is 473 g/mol. The molecule has 0 saturated carbocycles. The molecule has 0 saturated heterocycles. The number of hydrogen-bond acceptors (Lipinski definition) is 2. The van der Waals surface area contributed by atoms with Crippen LogP contribution in [-0.4, -0.2) is 5.11 Å². The lowest BCUT2D eigenvalue weighted by molar-refractivity contribution is 0.471. The first-order chi connectivity index (χ1) is 10.0. The minimum absolute atomic E-state index is 0.217. The van der Waals surface area contributed by atoms with Crippen LogP contribution in [-0.2, 0) is 6.42 Å². The number of aromatic hydroxyl groups is 1. The fraction of sp³-hybridized carbons (Fsp3) is 0.250. The summed E-state index contributed by atoms with van der Waals surface area (Å²) in [5, 5.41) is 13.4. The summed E-state index contributed by atoms with van der Waals surface area (Å²) in [6.45, 7) is 0. The number of rotatable bonds is 2. The highest BCUT2D eigenvalue weighted by molar-refractivity contribution is 9.11. The number of halogens is 3. The van der Waals surface area contributed by atoms with Gasteiger partial charge in [0, 0.05) is 13.4 Å². The van der Waals surface area contributed by atoms with Gasteiger partial charge in [0.2, 0.25) is 0 Å². The fourth-order valence-corrected chi connectivity index (χ4v) is 5.28. The second-order valence-corrected chi connectivity index (χ2v) is 7.84. The molecule has 1 aliphatic carbocycles. The molecule has 110 valence electrons. The Kier molecular flexibility index (Phi) is 4.62. The number of aryl methyl sites for hydroxylation is 1. The van der Waals surface area contributed by atoms with E-state index in [9.17, 15) is 5.11 Å². The third-order valence-electron chi connectivity index (χ3n) is 3.77. The van der Waals surface area contributed by atoms with Crippen LogP contribution in [0.2, 0.25) is 0 Å². The van der Waals surface area contributed by atoms with Crippen LogP contribution < -0.4 is 5.32 Å². The topological polar surface area (TPSA) is 32.3 Å². The van der Waals surface area contributed by atoms with E-state index in [4.69, 9.17) is 0 Å². The molecule has 2 aromatic rings. The van der Waals surface area contributed by atoms with Gasteiger partial charge in [-0.2, -0.15) is 0 Å². The van der Waals surface area contributed by atoms with E-state index in [0.717, 1.165) is 38.4 Å². The summed E-state index contributed by atoms with van der Waals surface area (Å²) >= 11 is 10.7. The van der Waals surface area contributed by atoms with Crippen molar-refractivity contribution in [1.82, 2.24) is 0 Å². The van der Waals surface area contributed by atoms with Gasteiger partial charge in [-0.1, -0.05) is 22.0 Å². The Labute approximate surface area is 149 Å². The van der Waals surface area contributed by atoms with Crippen molar-refractivity contribution in [3.8, 4) is 5.75 Å². The largest absolute Gasteiger partial charge is 0.508 e. The average molecular weight is 476 g/mol. The second-order valence-electron chi connectivity index (χ2n) is 5.22. The first-order valence-corrected chi connectivity index (χ1v) is 9.15. The number of anilines is 1.